The number of hydrogen-bond donors (Lipinski definition) is 3. The number of hydrogen-bond acceptors (Lipinski definition) is 15. The van der Waals surface area contributed by atoms with Crippen molar-refractivity contribution in [2.24, 2.45) is 0 Å². The molecule has 0 radical (unpaired) electrons. The molecule has 0 saturated carbocycles. The molecule has 2 aromatic heterocycles. The highest BCUT2D eigenvalue weighted by atomic mass is 16.5. The molecule has 348 valence electrons. The zero-order chi connectivity index (χ0) is 45.0. The van der Waals surface area contributed by atoms with Gasteiger partial charge in [0.25, 0.3) is 0 Å². The monoisotopic (exact) mass is 872 g/mol. The van der Waals surface area contributed by atoms with Gasteiger partial charge in [-0.1, -0.05) is 39.8 Å². The summed E-state index contributed by atoms with van der Waals surface area (Å²) < 4.78 is 21.4. The first-order valence-electron chi connectivity index (χ1n) is 23.0. The predicted octanol–water partition coefficient (Wildman–Crippen LogP) is 6.85. The van der Waals surface area contributed by atoms with Gasteiger partial charge < -0.3 is 44.7 Å². The smallest absolute Gasteiger partial charge is 0.135 e. The van der Waals surface area contributed by atoms with Gasteiger partial charge in [-0.3, -0.25) is 9.80 Å². The molecular weight excluding hydrogens is 795 g/mol. The lowest BCUT2D eigenvalue weighted by molar-refractivity contribution is 0.0616. The van der Waals surface area contributed by atoms with Crippen molar-refractivity contribution in [2.45, 2.75) is 79.6 Å². The summed E-state index contributed by atoms with van der Waals surface area (Å²) in [4.78, 5) is 27.2. The summed E-state index contributed by atoms with van der Waals surface area (Å²) in [5.41, 5.74) is 8.08. The SMILES string of the molecule is CC.CCc1cncnc1N1CCN(CC(C)Nc2ccc(COCCOC)cc2C)CC1.CCc1cncnc1N1CCN(CC2(C)Nc3ccc(OCCOC)cc3N2)CC1.[HH]. The second kappa shape index (κ2) is 25.5. The van der Waals surface area contributed by atoms with Crippen LogP contribution in [0.5, 0.6) is 5.75 Å². The molecule has 3 N–H and O–H groups in total. The minimum Gasteiger partial charge on any atom is -0.491 e. The highest BCUT2D eigenvalue weighted by Gasteiger charge is 2.35. The van der Waals surface area contributed by atoms with E-state index >= 15 is 0 Å². The second-order valence-corrected chi connectivity index (χ2v) is 16.4. The molecule has 5 heterocycles. The fourth-order valence-electron chi connectivity index (χ4n) is 8.26. The molecule has 15 nitrogen and oxygen atoms in total. The van der Waals surface area contributed by atoms with E-state index in [-0.39, 0.29) is 7.09 Å². The highest BCUT2D eigenvalue weighted by Crippen LogP contribution is 2.37. The number of aromatic nitrogens is 4. The molecule has 2 atom stereocenters. The average molecular weight is 872 g/mol. The Labute approximate surface area is 378 Å². The predicted molar refractivity (Wildman–Crippen MR) is 259 cm³/mol. The largest absolute Gasteiger partial charge is 0.491 e. The Kier molecular flexibility index (Phi) is 19.9. The van der Waals surface area contributed by atoms with E-state index in [0.717, 1.165) is 107 Å². The van der Waals surface area contributed by atoms with Gasteiger partial charge in [-0.05, 0) is 62.9 Å². The lowest BCUT2D eigenvalue weighted by Gasteiger charge is -2.40. The zero-order valence-corrected chi connectivity index (χ0v) is 39.6. The second-order valence-electron chi connectivity index (χ2n) is 16.4. The topological polar surface area (TPSA) is 138 Å². The minimum absolute atomic E-state index is 0. The van der Waals surface area contributed by atoms with Crippen LogP contribution < -0.4 is 30.5 Å². The third kappa shape index (κ3) is 14.6. The van der Waals surface area contributed by atoms with Crippen LogP contribution in [0.2, 0.25) is 0 Å². The molecule has 3 aliphatic heterocycles. The van der Waals surface area contributed by atoms with E-state index in [0.29, 0.717) is 39.1 Å². The summed E-state index contributed by atoms with van der Waals surface area (Å²) in [7, 11) is 3.37. The number of nitrogens with one attached hydrogen (secondary N) is 3. The molecular formula is C48H77N11O4. The van der Waals surface area contributed by atoms with Crippen LogP contribution in [0.4, 0.5) is 28.7 Å². The molecule has 2 fully saturated rings. The number of aryl methyl sites for hydroxylation is 3. The van der Waals surface area contributed by atoms with E-state index < -0.39 is 0 Å². The minimum atomic E-state index is -0.209. The first-order chi connectivity index (χ1) is 30.7. The quantitative estimate of drug-likeness (QED) is 0.0848. The Bertz CT molecular complexity index is 1950. The molecule has 63 heavy (non-hydrogen) atoms. The maximum absolute atomic E-state index is 5.74. The van der Waals surface area contributed by atoms with Crippen molar-refractivity contribution in [3.05, 3.63) is 83.7 Å². The zero-order valence-electron chi connectivity index (χ0n) is 39.6. The van der Waals surface area contributed by atoms with E-state index in [9.17, 15) is 0 Å². The maximum atomic E-state index is 5.74. The van der Waals surface area contributed by atoms with E-state index in [1.54, 1.807) is 26.9 Å². The number of ether oxygens (including phenoxy) is 4. The Balaban J connectivity index is 0.000000266. The first kappa shape index (κ1) is 49.2. The summed E-state index contributed by atoms with van der Waals surface area (Å²) in [6.07, 6.45) is 9.12. The third-order valence-corrected chi connectivity index (χ3v) is 11.5. The van der Waals surface area contributed by atoms with Crippen molar-refractivity contribution >= 4 is 28.7 Å². The number of benzene rings is 2. The van der Waals surface area contributed by atoms with E-state index in [4.69, 9.17) is 18.9 Å². The highest BCUT2D eigenvalue weighted by molar-refractivity contribution is 5.77. The summed E-state index contributed by atoms with van der Waals surface area (Å²) in [5.74, 6) is 3.05. The summed E-state index contributed by atoms with van der Waals surface area (Å²) in [5, 5.41) is 11.0. The summed E-state index contributed by atoms with van der Waals surface area (Å²) >= 11 is 0. The van der Waals surface area contributed by atoms with Gasteiger partial charge in [0.05, 0.1) is 37.8 Å². The molecule has 2 unspecified atom stereocenters. The average Bonchev–Trinajstić information content (AvgIpc) is 3.65. The maximum Gasteiger partial charge on any atom is 0.135 e. The number of piperazine rings is 2. The van der Waals surface area contributed by atoms with Crippen LogP contribution in [0.1, 0.15) is 65.2 Å². The Morgan fingerprint density at radius 2 is 1.33 bits per heavy atom. The van der Waals surface area contributed by atoms with E-state index in [1.165, 1.54) is 27.9 Å². The van der Waals surface area contributed by atoms with Crippen molar-refractivity contribution in [3.63, 3.8) is 0 Å². The van der Waals surface area contributed by atoms with Crippen LogP contribution in [0.15, 0.2) is 61.4 Å². The van der Waals surface area contributed by atoms with Crippen LogP contribution in [0.25, 0.3) is 0 Å². The third-order valence-electron chi connectivity index (χ3n) is 11.5. The fraction of sp³-hybridized carbons (Fsp3) is 0.583. The van der Waals surface area contributed by atoms with Crippen LogP contribution in [0, 0.1) is 6.92 Å². The van der Waals surface area contributed by atoms with Crippen molar-refractivity contribution in [3.8, 4) is 5.75 Å². The van der Waals surface area contributed by atoms with Gasteiger partial charge in [0, 0.05) is 122 Å². The van der Waals surface area contributed by atoms with Crippen LogP contribution in [-0.2, 0) is 33.7 Å². The van der Waals surface area contributed by atoms with Crippen LogP contribution in [-0.4, -0.2) is 148 Å². The normalized spacial score (nSPS) is 17.9. The lowest BCUT2D eigenvalue weighted by atomic mass is 10.1. The molecule has 0 aliphatic carbocycles. The number of methoxy groups -OCH3 is 2. The van der Waals surface area contributed by atoms with Crippen molar-refractivity contribution in [2.75, 3.05) is 132 Å². The van der Waals surface area contributed by atoms with E-state index in [2.05, 4.69) is 120 Å². The van der Waals surface area contributed by atoms with Gasteiger partial charge >= 0.3 is 0 Å². The Hall–Kier alpha value is -4.80. The van der Waals surface area contributed by atoms with Gasteiger partial charge in [-0.15, -0.1) is 0 Å². The number of anilines is 5. The lowest BCUT2D eigenvalue weighted by Crippen LogP contribution is -2.55. The van der Waals surface area contributed by atoms with Crippen LogP contribution >= 0.6 is 0 Å². The Morgan fingerprint density at radius 1 is 0.746 bits per heavy atom. The number of rotatable bonds is 19. The van der Waals surface area contributed by atoms with Crippen LogP contribution in [0.3, 0.4) is 0 Å². The van der Waals surface area contributed by atoms with Crippen molar-refractivity contribution in [1.82, 2.24) is 29.7 Å². The molecule has 15 heteroatoms. The molecule has 2 aromatic carbocycles. The van der Waals surface area contributed by atoms with E-state index in [1.807, 2.05) is 32.3 Å². The number of nitrogens with zero attached hydrogens (tertiary/aromatic N) is 8. The molecule has 0 amide bonds. The fourth-order valence-corrected chi connectivity index (χ4v) is 8.26. The molecule has 7 rings (SSSR count). The van der Waals surface area contributed by atoms with Gasteiger partial charge in [0.2, 0.25) is 0 Å². The number of fused-ring (bicyclic) bond motifs is 1. The van der Waals surface area contributed by atoms with Gasteiger partial charge in [-0.2, -0.15) is 0 Å². The first-order valence-corrected chi connectivity index (χ1v) is 23.0. The van der Waals surface area contributed by atoms with Gasteiger partial charge in [-0.25, -0.2) is 19.9 Å². The van der Waals surface area contributed by atoms with Crippen molar-refractivity contribution in [1.29, 1.82) is 0 Å². The Morgan fingerprint density at radius 3 is 1.92 bits per heavy atom. The van der Waals surface area contributed by atoms with Gasteiger partial charge in [0.1, 0.15) is 42.3 Å². The molecule has 2 saturated heterocycles. The van der Waals surface area contributed by atoms with Gasteiger partial charge in [0.15, 0.2) is 0 Å². The standard InChI is InChI=1S/C24H37N5O2.C22H32N6O2.C2H6.H2/c1-5-22-15-25-18-26-24(22)29-10-8-28(9-11-29)16-20(3)27-23-7-6-21(14-19(23)2)17-31-13-12-30-4;1-4-17-14-23-16-24-21(17)28-9-7-27(8-10-28)15-22(2)25-19-6-5-18(13-20(19)26-22)30-12-11-29-3;1-2;/h6-7,14-15,18,20,27H,5,8-13,16-17H2,1-4H3;5-6,13-14,16,25-26H,4,7-12,15H2,1-3H3;1-2H3;1H. The molecule has 4 aromatic rings. The molecule has 0 bridgehead atoms. The van der Waals surface area contributed by atoms with Crippen molar-refractivity contribution < 1.29 is 20.4 Å². The summed E-state index contributed by atoms with van der Waals surface area (Å²) in [6, 6.07) is 13.0. The summed E-state index contributed by atoms with van der Waals surface area (Å²) in [6.45, 7) is 28.0. The molecule has 0 spiro atoms. The molecule has 3 aliphatic rings.